The average Bonchev–Trinajstić information content (AvgIpc) is 2.37. The summed E-state index contributed by atoms with van der Waals surface area (Å²) in [7, 11) is 0. The van der Waals surface area contributed by atoms with Crippen LogP contribution in [0.2, 0.25) is 0 Å². The largest absolute Gasteiger partial charge is 0.416 e. The van der Waals surface area contributed by atoms with E-state index >= 15 is 0 Å². The number of alkyl halides is 3. The van der Waals surface area contributed by atoms with Gasteiger partial charge >= 0.3 is 6.18 Å². The van der Waals surface area contributed by atoms with Crippen molar-refractivity contribution in [2.75, 3.05) is 11.1 Å². The lowest BCUT2D eigenvalue weighted by Crippen LogP contribution is -2.07. The van der Waals surface area contributed by atoms with Crippen molar-refractivity contribution in [1.82, 2.24) is 0 Å². The molecule has 0 aromatic heterocycles. The first-order valence-electron chi connectivity index (χ1n) is 5.81. The maximum Gasteiger partial charge on any atom is 0.416 e. The Hall–Kier alpha value is -2.24. The predicted octanol–water partition coefficient (Wildman–Crippen LogP) is 4.04. The molecule has 0 spiro atoms. The van der Waals surface area contributed by atoms with Gasteiger partial charge < -0.3 is 11.1 Å². The highest BCUT2D eigenvalue weighted by Crippen LogP contribution is 2.29. The molecule has 20 heavy (non-hydrogen) atoms. The molecule has 0 radical (unpaired) electrons. The van der Waals surface area contributed by atoms with E-state index in [4.69, 9.17) is 5.73 Å². The topological polar surface area (TPSA) is 38.0 Å². The van der Waals surface area contributed by atoms with E-state index in [1.165, 1.54) is 24.3 Å². The number of benzene rings is 2. The van der Waals surface area contributed by atoms with Gasteiger partial charge in [0.2, 0.25) is 0 Å². The summed E-state index contributed by atoms with van der Waals surface area (Å²) in [6.45, 7) is 0.0881. The summed E-state index contributed by atoms with van der Waals surface area (Å²) in [5.41, 5.74) is 5.57. The number of rotatable bonds is 3. The molecule has 0 aliphatic rings. The average molecular weight is 284 g/mol. The number of hydrogen-bond acceptors (Lipinski definition) is 2. The van der Waals surface area contributed by atoms with Gasteiger partial charge in [0.15, 0.2) is 0 Å². The number of nitrogen functional groups attached to an aromatic ring is 1. The molecule has 0 saturated heterocycles. The van der Waals surface area contributed by atoms with E-state index in [2.05, 4.69) is 5.32 Å². The molecule has 3 N–H and O–H groups in total. The fourth-order valence-electron chi connectivity index (χ4n) is 1.73. The second kappa shape index (κ2) is 5.40. The Morgan fingerprint density at radius 1 is 1.05 bits per heavy atom. The van der Waals surface area contributed by atoms with Gasteiger partial charge in [0.05, 0.1) is 11.3 Å². The van der Waals surface area contributed by atoms with Crippen molar-refractivity contribution >= 4 is 11.4 Å². The molecule has 0 bridgehead atoms. The Balaban J connectivity index is 2.11. The summed E-state index contributed by atoms with van der Waals surface area (Å²) in [5.74, 6) is -0.544. The minimum atomic E-state index is -4.39. The SMILES string of the molecule is Nc1ccc(NCc2cccc(C(F)(F)F)c2)c(F)c1. The summed E-state index contributed by atoms with van der Waals surface area (Å²) < 4.78 is 51.1. The summed E-state index contributed by atoms with van der Waals surface area (Å²) in [4.78, 5) is 0. The first-order chi connectivity index (χ1) is 9.36. The summed E-state index contributed by atoms with van der Waals surface area (Å²) in [5, 5.41) is 2.74. The minimum absolute atomic E-state index is 0.0881. The van der Waals surface area contributed by atoms with Gasteiger partial charge in [-0.05, 0) is 35.9 Å². The van der Waals surface area contributed by atoms with Gasteiger partial charge in [-0.3, -0.25) is 0 Å². The zero-order valence-electron chi connectivity index (χ0n) is 10.3. The highest BCUT2D eigenvalue weighted by molar-refractivity contribution is 5.52. The minimum Gasteiger partial charge on any atom is -0.399 e. The predicted molar refractivity (Wildman–Crippen MR) is 69.6 cm³/mol. The van der Waals surface area contributed by atoms with Gasteiger partial charge in [-0.2, -0.15) is 13.2 Å². The Kier molecular flexibility index (Phi) is 3.83. The highest BCUT2D eigenvalue weighted by atomic mass is 19.4. The molecule has 0 saturated carbocycles. The van der Waals surface area contributed by atoms with Crippen LogP contribution in [0.4, 0.5) is 28.9 Å². The fourth-order valence-corrected chi connectivity index (χ4v) is 1.73. The third kappa shape index (κ3) is 3.40. The lowest BCUT2D eigenvalue weighted by atomic mass is 10.1. The smallest absolute Gasteiger partial charge is 0.399 e. The Morgan fingerprint density at radius 2 is 1.80 bits per heavy atom. The summed E-state index contributed by atoms with van der Waals surface area (Å²) in [6, 6.07) is 8.98. The van der Waals surface area contributed by atoms with E-state index in [-0.39, 0.29) is 17.9 Å². The number of hydrogen-bond donors (Lipinski definition) is 2. The molecular formula is C14H12F4N2. The summed E-state index contributed by atoms with van der Waals surface area (Å²) in [6.07, 6.45) is -4.39. The van der Waals surface area contributed by atoms with E-state index in [1.54, 1.807) is 0 Å². The van der Waals surface area contributed by atoms with Crippen molar-refractivity contribution < 1.29 is 17.6 Å². The number of nitrogens with two attached hydrogens (primary N) is 1. The van der Waals surface area contributed by atoms with Crippen LogP contribution in [0.3, 0.4) is 0 Å². The third-order valence-corrected chi connectivity index (χ3v) is 2.73. The lowest BCUT2D eigenvalue weighted by molar-refractivity contribution is -0.137. The lowest BCUT2D eigenvalue weighted by Gasteiger charge is -2.11. The maximum atomic E-state index is 13.5. The molecule has 0 aliphatic carbocycles. The molecule has 0 unspecified atom stereocenters. The summed E-state index contributed by atoms with van der Waals surface area (Å²) >= 11 is 0. The molecule has 0 amide bonds. The first-order valence-corrected chi connectivity index (χ1v) is 5.81. The van der Waals surface area contributed by atoms with E-state index < -0.39 is 17.6 Å². The Bertz CT molecular complexity index is 608. The van der Waals surface area contributed by atoms with Crippen molar-refractivity contribution in [3.05, 3.63) is 59.4 Å². The number of nitrogens with one attached hydrogen (secondary N) is 1. The zero-order valence-corrected chi connectivity index (χ0v) is 10.3. The first kappa shape index (κ1) is 14.2. The van der Waals surface area contributed by atoms with Gasteiger partial charge in [-0.25, -0.2) is 4.39 Å². The van der Waals surface area contributed by atoms with Crippen LogP contribution in [-0.4, -0.2) is 0 Å². The quantitative estimate of drug-likeness (QED) is 0.659. The van der Waals surface area contributed by atoms with Crippen LogP contribution in [0.1, 0.15) is 11.1 Å². The molecule has 2 aromatic rings. The normalized spacial score (nSPS) is 11.4. The van der Waals surface area contributed by atoms with Crippen LogP contribution < -0.4 is 11.1 Å². The molecule has 2 aromatic carbocycles. The van der Waals surface area contributed by atoms with Gasteiger partial charge in [0.25, 0.3) is 0 Å². The molecular weight excluding hydrogens is 272 g/mol. The van der Waals surface area contributed by atoms with Crippen molar-refractivity contribution in [2.45, 2.75) is 12.7 Å². The highest BCUT2D eigenvalue weighted by Gasteiger charge is 2.30. The van der Waals surface area contributed by atoms with Crippen molar-refractivity contribution in [1.29, 1.82) is 0 Å². The fraction of sp³-hybridized carbons (Fsp3) is 0.143. The molecule has 0 aliphatic heterocycles. The monoisotopic (exact) mass is 284 g/mol. The number of halogens is 4. The Labute approximate surface area is 113 Å². The van der Waals surface area contributed by atoms with Gasteiger partial charge in [-0.15, -0.1) is 0 Å². The molecule has 6 heteroatoms. The molecule has 2 nitrogen and oxygen atoms in total. The second-order valence-corrected chi connectivity index (χ2v) is 4.29. The third-order valence-electron chi connectivity index (χ3n) is 2.73. The zero-order chi connectivity index (χ0) is 14.8. The van der Waals surface area contributed by atoms with Crippen LogP contribution in [0.15, 0.2) is 42.5 Å². The molecule has 0 fully saturated rings. The van der Waals surface area contributed by atoms with Crippen molar-refractivity contribution in [2.24, 2.45) is 0 Å². The van der Waals surface area contributed by atoms with E-state index in [0.29, 0.717) is 5.56 Å². The van der Waals surface area contributed by atoms with Crippen LogP contribution in [0.25, 0.3) is 0 Å². The van der Waals surface area contributed by atoms with E-state index in [9.17, 15) is 17.6 Å². The van der Waals surface area contributed by atoms with Crippen LogP contribution >= 0.6 is 0 Å². The molecule has 2 rings (SSSR count). The van der Waals surface area contributed by atoms with Crippen LogP contribution in [0, 0.1) is 5.82 Å². The maximum absolute atomic E-state index is 13.5. The number of anilines is 2. The van der Waals surface area contributed by atoms with Crippen LogP contribution in [-0.2, 0) is 12.7 Å². The van der Waals surface area contributed by atoms with Gasteiger partial charge in [0, 0.05) is 12.2 Å². The van der Waals surface area contributed by atoms with Crippen LogP contribution in [0.5, 0.6) is 0 Å². The Morgan fingerprint density at radius 3 is 2.45 bits per heavy atom. The van der Waals surface area contributed by atoms with Crippen molar-refractivity contribution in [3.8, 4) is 0 Å². The van der Waals surface area contributed by atoms with Crippen molar-refractivity contribution in [3.63, 3.8) is 0 Å². The molecule has 0 heterocycles. The van der Waals surface area contributed by atoms with E-state index in [0.717, 1.165) is 18.2 Å². The van der Waals surface area contributed by atoms with Gasteiger partial charge in [-0.1, -0.05) is 12.1 Å². The molecule has 106 valence electrons. The standard InChI is InChI=1S/C14H12F4N2/c15-12-7-11(19)4-5-13(12)20-8-9-2-1-3-10(6-9)14(16,17)18/h1-7,20H,8,19H2. The van der Waals surface area contributed by atoms with Gasteiger partial charge in [0.1, 0.15) is 5.82 Å². The second-order valence-electron chi connectivity index (χ2n) is 4.29. The molecule has 0 atom stereocenters. The van der Waals surface area contributed by atoms with E-state index in [1.807, 2.05) is 0 Å².